The highest BCUT2D eigenvalue weighted by Gasteiger charge is 2.34. The number of aromatic nitrogens is 2. The smallest absolute Gasteiger partial charge is 0.396 e. The zero-order chi connectivity index (χ0) is 15.5. The first-order valence-corrected chi connectivity index (χ1v) is 6.95. The van der Waals surface area contributed by atoms with Crippen molar-refractivity contribution in [1.29, 1.82) is 0 Å². The number of hydrogen-bond acceptors (Lipinski definition) is 5. The number of hydrogen-bond donors (Lipinski definition) is 3. The van der Waals surface area contributed by atoms with Crippen LogP contribution in [-0.2, 0) is 6.18 Å². The predicted molar refractivity (Wildman–Crippen MR) is 73.0 cm³/mol. The molecule has 21 heavy (non-hydrogen) atoms. The van der Waals surface area contributed by atoms with E-state index < -0.39 is 11.9 Å². The molecule has 118 valence electrons. The molecule has 5 nitrogen and oxygen atoms in total. The van der Waals surface area contributed by atoms with Gasteiger partial charge in [0.05, 0.1) is 0 Å². The first-order valence-electron chi connectivity index (χ1n) is 6.95. The quantitative estimate of drug-likeness (QED) is 0.797. The van der Waals surface area contributed by atoms with Gasteiger partial charge < -0.3 is 15.7 Å². The fourth-order valence-electron chi connectivity index (χ4n) is 2.58. The van der Waals surface area contributed by atoms with E-state index in [2.05, 4.69) is 20.6 Å². The second kappa shape index (κ2) is 6.46. The van der Waals surface area contributed by atoms with Crippen molar-refractivity contribution in [2.24, 2.45) is 5.92 Å². The Hall–Kier alpha value is -1.57. The molecule has 0 aliphatic heterocycles. The van der Waals surface area contributed by atoms with Crippen LogP contribution in [0, 0.1) is 5.92 Å². The summed E-state index contributed by atoms with van der Waals surface area (Å²) in [6, 6.07) is 0.841. The van der Waals surface area contributed by atoms with Crippen LogP contribution in [0.3, 0.4) is 0 Å². The monoisotopic (exact) mass is 304 g/mol. The Morgan fingerprint density at radius 2 is 2.00 bits per heavy atom. The molecular weight excluding hydrogens is 285 g/mol. The first-order chi connectivity index (χ1) is 9.94. The maximum absolute atomic E-state index is 12.8. The largest absolute Gasteiger partial charge is 0.433 e. The lowest BCUT2D eigenvalue weighted by molar-refractivity contribution is -0.141. The molecule has 0 spiro atoms. The average Bonchev–Trinajstić information content (AvgIpc) is 2.46. The summed E-state index contributed by atoms with van der Waals surface area (Å²) in [7, 11) is 1.47. The van der Waals surface area contributed by atoms with E-state index in [-0.39, 0.29) is 30.3 Å². The molecule has 1 aliphatic rings. The minimum atomic E-state index is -4.52. The maximum atomic E-state index is 12.8. The molecule has 0 bridgehead atoms. The first kappa shape index (κ1) is 15.8. The standard InChI is InChI=1S/C13H19F3N4O/c1-17-12-19-10(13(14,15)16)6-11(20-12)18-9-5-3-2-4-8(9)7-21/h6,8-9,21H,2-5,7H2,1H3,(H2,17,18,19,20). The second-order valence-electron chi connectivity index (χ2n) is 5.19. The number of nitrogens with zero attached hydrogens (tertiary/aromatic N) is 2. The highest BCUT2D eigenvalue weighted by atomic mass is 19.4. The van der Waals surface area contributed by atoms with Gasteiger partial charge in [0.25, 0.3) is 0 Å². The zero-order valence-corrected chi connectivity index (χ0v) is 11.7. The van der Waals surface area contributed by atoms with Gasteiger partial charge in [0.2, 0.25) is 5.95 Å². The molecule has 1 heterocycles. The molecule has 1 saturated carbocycles. The van der Waals surface area contributed by atoms with Gasteiger partial charge in [0.1, 0.15) is 5.82 Å². The minimum Gasteiger partial charge on any atom is -0.396 e. The van der Waals surface area contributed by atoms with Crippen molar-refractivity contribution in [2.75, 3.05) is 24.3 Å². The summed E-state index contributed by atoms with van der Waals surface area (Å²) in [6.07, 6.45) is -0.823. The number of halogens is 3. The van der Waals surface area contributed by atoms with Crippen molar-refractivity contribution in [2.45, 2.75) is 37.9 Å². The van der Waals surface area contributed by atoms with Gasteiger partial charge in [-0.05, 0) is 12.8 Å². The Morgan fingerprint density at radius 3 is 2.62 bits per heavy atom. The Morgan fingerprint density at radius 1 is 1.29 bits per heavy atom. The van der Waals surface area contributed by atoms with Crippen LogP contribution in [0.25, 0.3) is 0 Å². The molecule has 2 rings (SSSR count). The molecule has 0 radical (unpaired) electrons. The highest BCUT2D eigenvalue weighted by Crippen LogP contribution is 2.31. The van der Waals surface area contributed by atoms with Crippen molar-refractivity contribution in [3.8, 4) is 0 Å². The van der Waals surface area contributed by atoms with Crippen molar-refractivity contribution >= 4 is 11.8 Å². The van der Waals surface area contributed by atoms with Crippen molar-refractivity contribution < 1.29 is 18.3 Å². The van der Waals surface area contributed by atoms with Gasteiger partial charge in [-0.3, -0.25) is 0 Å². The lowest BCUT2D eigenvalue weighted by atomic mass is 9.85. The fraction of sp³-hybridized carbons (Fsp3) is 0.692. The average molecular weight is 304 g/mol. The summed E-state index contributed by atoms with van der Waals surface area (Å²) in [6.45, 7) is 0.0216. The fourth-order valence-corrected chi connectivity index (χ4v) is 2.58. The third kappa shape index (κ3) is 3.96. The highest BCUT2D eigenvalue weighted by molar-refractivity contribution is 5.43. The number of alkyl halides is 3. The van der Waals surface area contributed by atoms with Gasteiger partial charge in [-0.1, -0.05) is 12.8 Å². The van der Waals surface area contributed by atoms with Crippen LogP contribution >= 0.6 is 0 Å². The molecule has 2 unspecified atom stereocenters. The third-order valence-electron chi connectivity index (χ3n) is 3.72. The molecule has 0 saturated heterocycles. The van der Waals surface area contributed by atoms with Crippen LogP contribution in [-0.4, -0.2) is 34.8 Å². The zero-order valence-electron chi connectivity index (χ0n) is 11.7. The summed E-state index contributed by atoms with van der Waals surface area (Å²) in [4.78, 5) is 7.43. The molecule has 3 N–H and O–H groups in total. The van der Waals surface area contributed by atoms with E-state index in [4.69, 9.17) is 0 Å². The van der Waals surface area contributed by atoms with Crippen LogP contribution in [0.2, 0.25) is 0 Å². The topological polar surface area (TPSA) is 70.1 Å². The van der Waals surface area contributed by atoms with E-state index in [0.717, 1.165) is 31.7 Å². The van der Waals surface area contributed by atoms with E-state index in [1.807, 2.05) is 0 Å². The van der Waals surface area contributed by atoms with Gasteiger partial charge in [-0.25, -0.2) is 4.98 Å². The molecular formula is C13H19F3N4O. The van der Waals surface area contributed by atoms with Crippen molar-refractivity contribution in [3.05, 3.63) is 11.8 Å². The Kier molecular flexibility index (Phi) is 4.87. The SMILES string of the molecule is CNc1nc(NC2CCCCC2CO)cc(C(F)(F)F)n1. The molecule has 0 aromatic carbocycles. The van der Waals surface area contributed by atoms with E-state index in [1.165, 1.54) is 7.05 Å². The number of nitrogens with one attached hydrogen (secondary N) is 2. The van der Waals surface area contributed by atoms with Gasteiger partial charge in [0, 0.05) is 31.7 Å². The molecule has 1 aromatic rings. The Labute approximate surface area is 121 Å². The molecule has 1 aromatic heterocycles. The number of aliphatic hydroxyl groups is 1. The van der Waals surface area contributed by atoms with Crippen LogP contribution in [0.5, 0.6) is 0 Å². The van der Waals surface area contributed by atoms with Crippen LogP contribution in [0.15, 0.2) is 6.07 Å². The predicted octanol–water partition coefficient (Wildman–Crippen LogP) is 2.50. The molecule has 1 aliphatic carbocycles. The summed E-state index contributed by atoms with van der Waals surface area (Å²) < 4.78 is 38.5. The Bertz CT molecular complexity index is 481. The van der Waals surface area contributed by atoms with Gasteiger partial charge in [-0.15, -0.1) is 0 Å². The molecule has 2 atom stereocenters. The molecule has 1 fully saturated rings. The van der Waals surface area contributed by atoms with E-state index in [1.54, 1.807) is 0 Å². The van der Waals surface area contributed by atoms with Crippen LogP contribution < -0.4 is 10.6 Å². The normalized spacial score (nSPS) is 22.9. The van der Waals surface area contributed by atoms with E-state index >= 15 is 0 Å². The van der Waals surface area contributed by atoms with Gasteiger partial charge in [0.15, 0.2) is 5.69 Å². The summed E-state index contributed by atoms with van der Waals surface area (Å²) >= 11 is 0. The van der Waals surface area contributed by atoms with E-state index in [9.17, 15) is 18.3 Å². The summed E-state index contributed by atoms with van der Waals surface area (Å²) in [5.41, 5.74) is -0.985. The number of rotatable bonds is 4. The second-order valence-corrected chi connectivity index (χ2v) is 5.19. The maximum Gasteiger partial charge on any atom is 0.433 e. The van der Waals surface area contributed by atoms with Gasteiger partial charge in [-0.2, -0.15) is 18.2 Å². The third-order valence-corrected chi connectivity index (χ3v) is 3.72. The summed E-state index contributed by atoms with van der Waals surface area (Å²) in [5.74, 6) is 0.0943. The van der Waals surface area contributed by atoms with Crippen LogP contribution in [0.4, 0.5) is 24.9 Å². The lowest BCUT2D eigenvalue weighted by Gasteiger charge is -2.31. The Balaban J connectivity index is 2.22. The van der Waals surface area contributed by atoms with Gasteiger partial charge >= 0.3 is 6.18 Å². The number of aliphatic hydroxyl groups excluding tert-OH is 1. The van der Waals surface area contributed by atoms with Crippen LogP contribution in [0.1, 0.15) is 31.4 Å². The number of anilines is 2. The molecule has 0 amide bonds. The lowest BCUT2D eigenvalue weighted by Crippen LogP contribution is -2.34. The summed E-state index contributed by atoms with van der Waals surface area (Å²) in [5, 5.41) is 14.9. The van der Waals surface area contributed by atoms with E-state index in [0.29, 0.717) is 0 Å². The minimum absolute atomic E-state index is 0.0216. The van der Waals surface area contributed by atoms with Crippen molar-refractivity contribution in [3.63, 3.8) is 0 Å². The van der Waals surface area contributed by atoms with Crippen molar-refractivity contribution in [1.82, 2.24) is 9.97 Å². The molecule has 8 heteroatoms.